The second-order valence-electron chi connectivity index (χ2n) is 8.80. The SMILES string of the molecule is CN1C(=O)c2ccc3c4c(C#N)cc5c6c(ccc(c7c(C#N)cc(c2c37)C1=O)c64)C(=O)N(I)C5=O. The molecule has 0 N–H and O–H groups in total. The summed E-state index contributed by atoms with van der Waals surface area (Å²) in [7, 11) is 1.40. The zero-order valence-corrected chi connectivity index (χ0v) is 20.4. The van der Waals surface area contributed by atoms with Gasteiger partial charge in [0.25, 0.3) is 23.6 Å². The standard InChI is InChI=1S/C27H9IN4O4/c1-31-24(33)14-4-2-12-19-11(9-30)7-17-21-15(26(35)32(28)27(17)36)5-3-13(23(19)21)18-10(8-29)6-16(25(31)34)20(14)22(12)18/h2-7H,1H3. The van der Waals surface area contributed by atoms with Crippen LogP contribution >= 0.6 is 22.9 Å². The van der Waals surface area contributed by atoms with Crippen LogP contribution in [0.3, 0.4) is 0 Å². The quantitative estimate of drug-likeness (QED) is 0.0864. The van der Waals surface area contributed by atoms with E-state index in [1.54, 1.807) is 47.1 Å². The number of hydrogen-bond donors (Lipinski definition) is 0. The predicted octanol–water partition coefficient (Wildman–Crippen LogP) is 4.65. The van der Waals surface area contributed by atoms with Gasteiger partial charge >= 0.3 is 0 Å². The number of nitriles is 2. The first-order valence-electron chi connectivity index (χ1n) is 10.8. The fourth-order valence-electron chi connectivity index (χ4n) is 5.73. The van der Waals surface area contributed by atoms with Crippen LogP contribution in [0, 0.1) is 22.7 Å². The first-order valence-corrected chi connectivity index (χ1v) is 11.7. The van der Waals surface area contributed by atoms with Crippen molar-refractivity contribution in [1.82, 2.24) is 8.01 Å². The summed E-state index contributed by atoms with van der Waals surface area (Å²) in [6.45, 7) is 0. The third-order valence-electron chi connectivity index (χ3n) is 7.23. The average Bonchev–Trinajstić information content (AvgIpc) is 2.90. The van der Waals surface area contributed by atoms with Crippen molar-refractivity contribution in [2.24, 2.45) is 0 Å². The zero-order chi connectivity index (χ0) is 25.2. The summed E-state index contributed by atoms with van der Waals surface area (Å²) in [4.78, 5) is 53.2. The molecule has 36 heavy (non-hydrogen) atoms. The highest BCUT2D eigenvalue weighted by Gasteiger charge is 2.37. The number of nitrogens with zero attached hydrogens (tertiary/aromatic N) is 4. The van der Waals surface area contributed by atoms with Crippen molar-refractivity contribution in [3.8, 4) is 12.1 Å². The number of amides is 4. The Balaban J connectivity index is 1.87. The zero-order valence-electron chi connectivity index (χ0n) is 18.3. The van der Waals surface area contributed by atoms with Gasteiger partial charge in [0.05, 0.1) is 51.7 Å². The van der Waals surface area contributed by atoms with Crippen LogP contribution < -0.4 is 0 Å². The van der Waals surface area contributed by atoms with Crippen molar-refractivity contribution in [3.63, 3.8) is 0 Å². The van der Waals surface area contributed by atoms with Gasteiger partial charge in [0.15, 0.2) is 0 Å². The molecule has 9 heteroatoms. The van der Waals surface area contributed by atoms with Gasteiger partial charge in [0, 0.05) is 56.1 Å². The van der Waals surface area contributed by atoms with Crippen LogP contribution in [0.1, 0.15) is 52.6 Å². The molecule has 0 saturated heterocycles. The molecule has 0 aliphatic carbocycles. The Bertz CT molecular complexity index is 1930. The molecule has 0 bridgehead atoms. The largest absolute Gasteiger partial charge is 0.277 e. The monoisotopic (exact) mass is 580 g/mol. The molecule has 2 aliphatic rings. The van der Waals surface area contributed by atoms with E-state index >= 15 is 0 Å². The van der Waals surface area contributed by atoms with Gasteiger partial charge < -0.3 is 0 Å². The van der Waals surface area contributed by atoms with Crippen molar-refractivity contribution in [3.05, 3.63) is 69.8 Å². The summed E-state index contributed by atoms with van der Waals surface area (Å²) < 4.78 is 0.995. The van der Waals surface area contributed by atoms with E-state index in [2.05, 4.69) is 12.1 Å². The minimum atomic E-state index is -0.524. The molecule has 0 fully saturated rings. The van der Waals surface area contributed by atoms with Crippen LogP contribution in [0.2, 0.25) is 0 Å². The van der Waals surface area contributed by atoms with Gasteiger partial charge in [-0.05, 0) is 35.0 Å². The van der Waals surface area contributed by atoms with Gasteiger partial charge in [-0.15, -0.1) is 0 Å². The Morgan fingerprint density at radius 1 is 0.611 bits per heavy atom. The van der Waals surface area contributed by atoms with E-state index < -0.39 is 23.6 Å². The number of imide groups is 2. The first kappa shape index (κ1) is 20.7. The summed E-state index contributed by atoms with van der Waals surface area (Å²) >= 11 is 1.66. The molecule has 0 atom stereocenters. The van der Waals surface area contributed by atoms with Crippen LogP contribution in [-0.4, -0.2) is 38.7 Å². The normalized spacial score (nSPS) is 15.0. The molecule has 2 aliphatic heterocycles. The van der Waals surface area contributed by atoms with Gasteiger partial charge in [-0.3, -0.25) is 24.1 Å². The van der Waals surface area contributed by atoms with Crippen LogP contribution in [0.4, 0.5) is 0 Å². The van der Waals surface area contributed by atoms with Crippen molar-refractivity contribution < 1.29 is 19.2 Å². The van der Waals surface area contributed by atoms with E-state index in [0.717, 1.165) is 8.01 Å². The number of rotatable bonds is 0. The Morgan fingerprint density at radius 2 is 1.03 bits per heavy atom. The van der Waals surface area contributed by atoms with Gasteiger partial charge in [0.1, 0.15) is 0 Å². The van der Waals surface area contributed by atoms with Gasteiger partial charge in [-0.25, -0.2) is 3.11 Å². The van der Waals surface area contributed by atoms with Gasteiger partial charge in [-0.2, -0.15) is 10.5 Å². The molecule has 0 radical (unpaired) electrons. The number of carbonyl (C=O) groups excluding carboxylic acids is 4. The van der Waals surface area contributed by atoms with Gasteiger partial charge in [-0.1, -0.05) is 12.1 Å². The average molecular weight is 580 g/mol. The number of benzene rings is 5. The molecule has 0 saturated carbocycles. The highest BCUT2D eigenvalue weighted by Crippen LogP contribution is 2.48. The van der Waals surface area contributed by atoms with E-state index in [0.29, 0.717) is 54.2 Å². The maximum absolute atomic E-state index is 13.1. The number of carbonyl (C=O) groups is 4. The first-order chi connectivity index (χ1) is 17.3. The topological polar surface area (TPSA) is 122 Å². The molecule has 2 heterocycles. The fourth-order valence-corrected chi connectivity index (χ4v) is 6.25. The molecule has 4 amide bonds. The maximum atomic E-state index is 13.1. The van der Waals surface area contributed by atoms with Crippen molar-refractivity contribution in [2.75, 3.05) is 7.05 Å². The molecule has 0 aromatic heterocycles. The molecule has 168 valence electrons. The summed E-state index contributed by atoms with van der Waals surface area (Å²) in [5.41, 5.74) is 1.57. The van der Waals surface area contributed by atoms with Crippen LogP contribution in [0.25, 0.3) is 43.1 Å². The highest BCUT2D eigenvalue weighted by molar-refractivity contribution is 14.1. The summed E-state index contributed by atoms with van der Waals surface area (Å²) in [6.07, 6.45) is 0. The molecule has 0 spiro atoms. The van der Waals surface area contributed by atoms with Crippen LogP contribution in [0.15, 0.2) is 36.4 Å². The molecule has 5 aromatic carbocycles. The van der Waals surface area contributed by atoms with E-state index in [9.17, 15) is 29.7 Å². The maximum Gasteiger partial charge on any atom is 0.270 e. The van der Waals surface area contributed by atoms with Crippen LogP contribution in [-0.2, 0) is 0 Å². The minimum absolute atomic E-state index is 0.221. The molecule has 5 aromatic rings. The third-order valence-corrected chi connectivity index (χ3v) is 8.11. The number of fused-ring (bicyclic) bond motifs is 2. The van der Waals surface area contributed by atoms with E-state index in [1.165, 1.54) is 19.2 Å². The number of hydrogen-bond acceptors (Lipinski definition) is 6. The second kappa shape index (κ2) is 6.53. The lowest BCUT2D eigenvalue weighted by atomic mass is 9.80. The Kier molecular flexibility index (Phi) is 3.76. The van der Waals surface area contributed by atoms with E-state index in [-0.39, 0.29) is 22.3 Å². The highest BCUT2D eigenvalue weighted by atomic mass is 127. The molecule has 0 unspecified atom stereocenters. The van der Waals surface area contributed by atoms with Crippen molar-refractivity contribution >= 4 is 89.6 Å². The lowest BCUT2D eigenvalue weighted by Gasteiger charge is -2.28. The van der Waals surface area contributed by atoms with Crippen molar-refractivity contribution in [2.45, 2.75) is 0 Å². The molecule has 8 nitrogen and oxygen atoms in total. The Morgan fingerprint density at radius 3 is 1.53 bits per heavy atom. The summed E-state index contributed by atoms with van der Waals surface area (Å²) in [5.74, 6) is -1.96. The smallest absolute Gasteiger partial charge is 0.270 e. The summed E-state index contributed by atoms with van der Waals surface area (Å²) in [5, 5.41) is 24.3. The Labute approximate surface area is 215 Å². The van der Waals surface area contributed by atoms with Crippen LogP contribution in [0.5, 0.6) is 0 Å². The van der Waals surface area contributed by atoms with E-state index in [4.69, 9.17) is 0 Å². The molecular weight excluding hydrogens is 571 g/mol. The second-order valence-corrected chi connectivity index (χ2v) is 9.76. The van der Waals surface area contributed by atoms with E-state index in [1.807, 2.05) is 0 Å². The predicted molar refractivity (Wildman–Crippen MR) is 138 cm³/mol. The lowest BCUT2D eigenvalue weighted by molar-refractivity contribution is 0.0648. The third kappa shape index (κ3) is 2.13. The summed E-state index contributed by atoms with van der Waals surface area (Å²) in [6, 6.07) is 14.0. The lowest BCUT2D eigenvalue weighted by Crippen LogP contribution is -2.37. The van der Waals surface area contributed by atoms with Gasteiger partial charge in [0.2, 0.25) is 0 Å². The number of halogens is 1. The fraction of sp³-hybridized carbons (Fsp3) is 0.0370. The minimum Gasteiger partial charge on any atom is -0.277 e. The molecular formula is C27H9IN4O4. The molecule has 7 rings (SSSR count). The van der Waals surface area contributed by atoms with Crippen molar-refractivity contribution in [1.29, 1.82) is 10.5 Å². The Hall–Kier alpha value is -4.61.